The van der Waals surface area contributed by atoms with Crippen LogP contribution in [-0.2, 0) is 0 Å². The van der Waals surface area contributed by atoms with Crippen LogP contribution < -0.4 is 0 Å². The van der Waals surface area contributed by atoms with Crippen LogP contribution in [0.15, 0.2) is 46.9 Å². The Bertz CT molecular complexity index is 751. The minimum absolute atomic E-state index is 0.653. The van der Waals surface area contributed by atoms with E-state index in [-0.39, 0.29) is 0 Å². The number of nitriles is 1. The van der Waals surface area contributed by atoms with Crippen molar-refractivity contribution in [2.24, 2.45) is 0 Å². The fraction of sp³-hybridized carbons (Fsp3) is 0. The molecule has 0 aliphatic carbocycles. The van der Waals surface area contributed by atoms with Gasteiger partial charge in [-0.3, -0.25) is 5.10 Å². The lowest BCUT2D eigenvalue weighted by Gasteiger charge is -1.98. The molecule has 3 aromatic rings. The highest BCUT2D eigenvalue weighted by Gasteiger charge is 2.08. The minimum Gasteiger partial charge on any atom is -0.277 e. The molecule has 0 fully saturated rings. The highest BCUT2D eigenvalue weighted by Crippen LogP contribution is 2.28. The Kier molecular flexibility index (Phi) is 2.62. The zero-order valence-corrected chi connectivity index (χ0v) is 10.9. The van der Waals surface area contributed by atoms with Crippen LogP contribution in [0.2, 0.25) is 0 Å². The second-order valence-corrected chi connectivity index (χ2v) is 4.87. The normalized spacial score (nSPS) is 10.4. The molecule has 0 bridgehead atoms. The van der Waals surface area contributed by atoms with E-state index in [9.17, 15) is 0 Å². The van der Waals surface area contributed by atoms with E-state index in [1.54, 1.807) is 12.1 Å². The second-order valence-electron chi connectivity index (χ2n) is 3.95. The molecule has 1 heterocycles. The first-order chi connectivity index (χ1) is 8.78. The number of aromatic nitrogens is 2. The van der Waals surface area contributed by atoms with Gasteiger partial charge in [-0.1, -0.05) is 28.1 Å². The minimum atomic E-state index is 0.653. The standard InChI is InChI=1S/C14H8BrN3/c15-11-5-6-13-12(7-11)14(18-17-13)10-3-1-9(8-16)2-4-10/h1-7H,(H,17,18). The van der Waals surface area contributed by atoms with Gasteiger partial charge in [-0.25, -0.2) is 0 Å². The zero-order valence-electron chi connectivity index (χ0n) is 9.31. The molecule has 0 atom stereocenters. The molecule has 0 radical (unpaired) electrons. The summed E-state index contributed by atoms with van der Waals surface area (Å²) in [5, 5.41) is 17.2. The molecule has 0 aliphatic heterocycles. The first-order valence-corrected chi connectivity index (χ1v) is 6.21. The number of rotatable bonds is 1. The molecule has 0 saturated carbocycles. The fourth-order valence-electron chi connectivity index (χ4n) is 1.91. The van der Waals surface area contributed by atoms with Gasteiger partial charge in [-0.15, -0.1) is 0 Å². The molecule has 1 N–H and O–H groups in total. The quantitative estimate of drug-likeness (QED) is 0.741. The smallest absolute Gasteiger partial charge is 0.0999 e. The number of nitrogens with one attached hydrogen (secondary N) is 1. The highest BCUT2D eigenvalue weighted by atomic mass is 79.9. The van der Waals surface area contributed by atoms with E-state index in [1.165, 1.54) is 0 Å². The Morgan fingerprint density at radius 1 is 1.11 bits per heavy atom. The van der Waals surface area contributed by atoms with Crippen molar-refractivity contribution >= 4 is 26.8 Å². The summed E-state index contributed by atoms with van der Waals surface area (Å²) in [6.07, 6.45) is 0. The summed E-state index contributed by atoms with van der Waals surface area (Å²) < 4.78 is 1.02. The van der Waals surface area contributed by atoms with Crippen molar-refractivity contribution in [2.45, 2.75) is 0 Å². The highest BCUT2D eigenvalue weighted by molar-refractivity contribution is 9.10. The molecule has 4 heteroatoms. The van der Waals surface area contributed by atoms with E-state index in [1.807, 2.05) is 30.3 Å². The van der Waals surface area contributed by atoms with Crippen molar-refractivity contribution in [2.75, 3.05) is 0 Å². The van der Waals surface area contributed by atoms with E-state index in [4.69, 9.17) is 5.26 Å². The van der Waals surface area contributed by atoms with Gasteiger partial charge in [0.2, 0.25) is 0 Å². The molecule has 0 spiro atoms. The van der Waals surface area contributed by atoms with Gasteiger partial charge in [0.25, 0.3) is 0 Å². The maximum Gasteiger partial charge on any atom is 0.0999 e. The Balaban J connectivity index is 2.19. The molecule has 86 valence electrons. The summed E-state index contributed by atoms with van der Waals surface area (Å²) in [5.41, 5.74) is 3.55. The predicted molar refractivity (Wildman–Crippen MR) is 73.9 cm³/mol. The molecule has 0 amide bonds. The summed E-state index contributed by atoms with van der Waals surface area (Å²) in [4.78, 5) is 0. The topological polar surface area (TPSA) is 52.5 Å². The van der Waals surface area contributed by atoms with Crippen LogP contribution in [0.1, 0.15) is 5.56 Å². The van der Waals surface area contributed by atoms with Crippen molar-refractivity contribution in [3.05, 3.63) is 52.5 Å². The van der Waals surface area contributed by atoms with E-state index in [0.29, 0.717) is 5.56 Å². The third-order valence-electron chi connectivity index (χ3n) is 2.81. The molecule has 3 rings (SSSR count). The van der Waals surface area contributed by atoms with Crippen LogP contribution in [-0.4, -0.2) is 10.2 Å². The lowest BCUT2D eigenvalue weighted by Crippen LogP contribution is -1.80. The first-order valence-electron chi connectivity index (χ1n) is 5.42. The second kappa shape index (κ2) is 4.28. The Morgan fingerprint density at radius 2 is 1.89 bits per heavy atom. The van der Waals surface area contributed by atoms with E-state index in [0.717, 1.165) is 26.6 Å². The third kappa shape index (κ3) is 1.79. The summed E-state index contributed by atoms with van der Waals surface area (Å²) in [6, 6.07) is 15.5. The molecule has 1 aromatic heterocycles. The van der Waals surface area contributed by atoms with Crippen LogP contribution in [0.4, 0.5) is 0 Å². The summed E-state index contributed by atoms with van der Waals surface area (Å²) in [7, 11) is 0. The maximum atomic E-state index is 8.79. The van der Waals surface area contributed by atoms with E-state index >= 15 is 0 Å². The molecule has 0 saturated heterocycles. The lowest BCUT2D eigenvalue weighted by molar-refractivity contribution is 1.12. The van der Waals surface area contributed by atoms with Crippen molar-refractivity contribution < 1.29 is 0 Å². The Hall–Kier alpha value is -2.12. The van der Waals surface area contributed by atoms with E-state index in [2.05, 4.69) is 32.2 Å². The average molecular weight is 298 g/mol. The molecular weight excluding hydrogens is 290 g/mol. The van der Waals surface area contributed by atoms with Gasteiger partial charge in [0.1, 0.15) is 0 Å². The fourth-order valence-corrected chi connectivity index (χ4v) is 2.27. The van der Waals surface area contributed by atoms with Crippen LogP contribution in [0.5, 0.6) is 0 Å². The number of nitrogens with zero attached hydrogens (tertiary/aromatic N) is 2. The van der Waals surface area contributed by atoms with Crippen LogP contribution in [0, 0.1) is 11.3 Å². The number of hydrogen-bond acceptors (Lipinski definition) is 2. The summed E-state index contributed by atoms with van der Waals surface area (Å²) in [6.45, 7) is 0. The van der Waals surface area contributed by atoms with Crippen molar-refractivity contribution in [1.82, 2.24) is 10.2 Å². The predicted octanol–water partition coefficient (Wildman–Crippen LogP) is 3.86. The molecule has 2 aromatic carbocycles. The average Bonchev–Trinajstić information content (AvgIpc) is 2.82. The maximum absolute atomic E-state index is 8.79. The summed E-state index contributed by atoms with van der Waals surface area (Å²) in [5.74, 6) is 0. The monoisotopic (exact) mass is 297 g/mol. The molecule has 3 nitrogen and oxygen atoms in total. The molecule has 0 aliphatic rings. The number of benzene rings is 2. The third-order valence-corrected chi connectivity index (χ3v) is 3.31. The number of aromatic amines is 1. The lowest BCUT2D eigenvalue weighted by atomic mass is 10.1. The largest absolute Gasteiger partial charge is 0.277 e. The Morgan fingerprint density at radius 3 is 2.61 bits per heavy atom. The molecular formula is C14H8BrN3. The van der Waals surface area contributed by atoms with Crippen LogP contribution in [0.25, 0.3) is 22.2 Å². The molecule has 18 heavy (non-hydrogen) atoms. The molecule has 0 unspecified atom stereocenters. The number of hydrogen-bond donors (Lipinski definition) is 1. The van der Waals surface area contributed by atoms with Gasteiger partial charge in [0, 0.05) is 15.4 Å². The zero-order chi connectivity index (χ0) is 12.5. The van der Waals surface area contributed by atoms with Crippen molar-refractivity contribution in [3.63, 3.8) is 0 Å². The SMILES string of the molecule is N#Cc1ccc(-c2n[nH]c3ccc(Br)cc23)cc1. The summed E-state index contributed by atoms with van der Waals surface area (Å²) >= 11 is 3.46. The number of halogens is 1. The number of fused-ring (bicyclic) bond motifs is 1. The number of H-pyrrole nitrogens is 1. The van der Waals surface area contributed by atoms with Gasteiger partial charge in [0.15, 0.2) is 0 Å². The van der Waals surface area contributed by atoms with Crippen molar-refractivity contribution in [3.8, 4) is 17.3 Å². The van der Waals surface area contributed by atoms with Crippen LogP contribution in [0.3, 0.4) is 0 Å². The Labute approximate surface area is 112 Å². The van der Waals surface area contributed by atoms with E-state index < -0.39 is 0 Å². The van der Waals surface area contributed by atoms with Gasteiger partial charge in [0.05, 0.1) is 22.8 Å². The van der Waals surface area contributed by atoms with Gasteiger partial charge in [-0.05, 0) is 30.3 Å². The first kappa shape index (κ1) is 11.0. The van der Waals surface area contributed by atoms with Gasteiger partial charge in [-0.2, -0.15) is 10.4 Å². The van der Waals surface area contributed by atoms with Crippen molar-refractivity contribution in [1.29, 1.82) is 5.26 Å². The van der Waals surface area contributed by atoms with Gasteiger partial charge >= 0.3 is 0 Å². The van der Waals surface area contributed by atoms with Gasteiger partial charge < -0.3 is 0 Å². The van der Waals surface area contributed by atoms with Crippen LogP contribution >= 0.6 is 15.9 Å².